The van der Waals surface area contributed by atoms with Gasteiger partial charge in [-0.25, -0.2) is 0 Å². The predicted octanol–water partition coefficient (Wildman–Crippen LogP) is 2.62. The molecule has 0 unspecified atom stereocenters. The number of ether oxygens (including phenoxy) is 1. The molecule has 3 rings (SSSR count). The highest BCUT2D eigenvalue weighted by Crippen LogP contribution is 2.31. The van der Waals surface area contributed by atoms with Gasteiger partial charge in [0.05, 0.1) is 23.7 Å². The Balaban J connectivity index is 1.95. The molecule has 1 aliphatic rings. The third-order valence-electron chi connectivity index (χ3n) is 3.37. The Kier molecular flexibility index (Phi) is 4.74. The predicted molar refractivity (Wildman–Crippen MR) is 95.7 cm³/mol. The molecule has 2 N–H and O–H groups in total. The van der Waals surface area contributed by atoms with Crippen molar-refractivity contribution in [2.75, 3.05) is 31.2 Å². The molecule has 1 saturated heterocycles. The topological polar surface area (TPSA) is 38.5 Å². The van der Waals surface area contributed by atoms with Crippen molar-refractivity contribution >= 4 is 33.5 Å². The maximum atomic E-state index is 5.78. The van der Waals surface area contributed by atoms with Crippen molar-refractivity contribution in [3.8, 4) is 11.8 Å². The highest BCUT2D eigenvalue weighted by molar-refractivity contribution is 7.81. The molecule has 0 atom stereocenters. The third kappa shape index (κ3) is 3.47. The second-order valence-corrected chi connectivity index (χ2v) is 6.38. The van der Waals surface area contributed by atoms with Crippen molar-refractivity contribution in [1.82, 2.24) is 0 Å². The van der Waals surface area contributed by atoms with Gasteiger partial charge in [0, 0.05) is 18.7 Å². The minimum absolute atomic E-state index is 0.423. The smallest absolute Gasteiger partial charge is 0.114 e. The van der Waals surface area contributed by atoms with E-state index in [1.54, 1.807) is 11.3 Å². The molecule has 1 aromatic carbocycles. The van der Waals surface area contributed by atoms with E-state index in [4.69, 9.17) is 22.7 Å². The molecule has 1 aromatic heterocycles. The van der Waals surface area contributed by atoms with Gasteiger partial charge >= 0.3 is 0 Å². The van der Waals surface area contributed by atoms with Gasteiger partial charge in [-0.1, -0.05) is 42.3 Å². The molecule has 2 heterocycles. The Labute approximate surface area is 139 Å². The minimum Gasteiger partial charge on any atom is -0.389 e. The number of thiocarbonyl (C=S) groups is 1. The molecular weight excluding hydrogens is 312 g/mol. The zero-order valence-electron chi connectivity index (χ0n) is 12.0. The molecular formula is C17H16N2OS2. The number of morpholine rings is 1. The van der Waals surface area contributed by atoms with Crippen LogP contribution < -0.4 is 10.6 Å². The first-order valence-corrected chi connectivity index (χ1v) is 8.30. The van der Waals surface area contributed by atoms with E-state index in [2.05, 4.69) is 16.7 Å². The normalized spacial score (nSPS) is 14.3. The second kappa shape index (κ2) is 6.93. The first-order chi connectivity index (χ1) is 10.7. The summed E-state index contributed by atoms with van der Waals surface area (Å²) >= 11 is 6.72. The molecule has 22 heavy (non-hydrogen) atoms. The monoisotopic (exact) mass is 328 g/mol. The average molecular weight is 328 g/mol. The van der Waals surface area contributed by atoms with Gasteiger partial charge in [-0.2, -0.15) is 0 Å². The molecule has 0 saturated carbocycles. The van der Waals surface area contributed by atoms with Crippen LogP contribution in [0, 0.1) is 11.8 Å². The Bertz CT molecular complexity index is 722. The zero-order valence-corrected chi connectivity index (χ0v) is 13.7. The lowest BCUT2D eigenvalue weighted by molar-refractivity contribution is 0.123. The molecule has 3 nitrogen and oxygen atoms in total. The molecule has 0 radical (unpaired) electrons. The highest BCUT2D eigenvalue weighted by Gasteiger charge is 2.18. The summed E-state index contributed by atoms with van der Waals surface area (Å²) in [7, 11) is 0. The van der Waals surface area contributed by atoms with E-state index in [9.17, 15) is 0 Å². The fraction of sp³-hybridized carbons (Fsp3) is 0.235. The van der Waals surface area contributed by atoms with Gasteiger partial charge in [0.15, 0.2) is 0 Å². The Morgan fingerprint density at radius 2 is 1.91 bits per heavy atom. The number of hydrogen-bond donors (Lipinski definition) is 1. The van der Waals surface area contributed by atoms with Gasteiger partial charge in [-0.3, -0.25) is 0 Å². The van der Waals surface area contributed by atoms with Gasteiger partial charge in [-0.05, 0) is 18.2 Å². The summed E-state index contributed by atoms with van der Waals surface area (Å²) in [6.07, 6.45) is 0. The quantitative estimate of drug-likeness (QED) is 0.679. The van der Waals surface area contributed by atoms with E-state index < -0.39 is 0 Å². The zero-order chi connectivity index (χ0) is 15.4. The second-order valence-electron chi connectivity index (χ2n) is 4.91. The van der Waals surface area contributed by atoms with E-state index >= 15 is 0 Å². The van der Waals surface area contributed by atoms with Crippen molar-refractivity contribution in [2.45, 2.75) is 0 Å². The Hall–Kier alpha value is -1.87. The van der Waals surface area contributed by atoms with Gasteiger partial charge in [-0.15, -0.1) is 11.3 Å². The van der Waals surface area contributed by atoms with E-state index in [1.165, 1.54) is 0 Å². The molecule has 5 heteroatoms. The van der Waals surface area contributed by atoms with Gasteiger partial charge in [0.25, 0.3) is 0 Å². The summed E-state index contributed by atoms with van der Waals surface area (Å²) in [5.41, 5.74) is 7.77. The van der Waals surface area contributed by atoms with E-state index in [1.807, 2.05) is 36.4 Å². The number of hydrogen-bond acceptors (Lipinski definition) is 4. The molecule has 1 aliphatic heterocycles. The van der Waals surface area contributed by atoms with Crippen LogP contribution in [0.5, 0.6) is 0 Å². The van der Waals surface area contributed by atoms with E-state index in [0.717, 1.165) is 47.3 Å². The van der Waals surface area contributed by atoms with Crippen molar-refractivity contribution in [2.24, 2.45) is 5.73 Å². The van der Waals surface area contributed by atoms with Crippen molar-refractivity contribution < 1.29 is 4.74 Å². The molecule has 1 fully saturated rings. The van der Waals surface area contributed by atoms with E-state index in [0.29, 0.717) is 4.99 Å². The largest absolute Gasteiger partial charge is 0.389 e. The maximum Gasteiger partial charge on any atom is 0.114 e. The minimum atomic E-state index is 0.423. The fourth-order valence-electron chi connectivity index (χ4n) is 2.25. The fourth-order valence-corrected chi connectivity index (χ4v) is 3.46. The van der Waals surface area contributed by atoms with Crippen LogP contribution in [0.25, 0.3) is 0 Å². The molecule has 0 aliphatic carbocycles. The maximum absolute atomic E-state index is 5.78. The summed E-state index contributed by atoms with van der Waals surface area (Å²) in [4.78, 5) is 3.63. The van der Waals surface area contributed by atoms with Gasteiger partial charge in [0.1, 0.15) is 9.99 Å². The summed E-state index contributed by atoms with van der Waals surface area (Å²) in [5.74, 6) is 6.47. The SMILES string of the molecule is NC(=S)c1cc(C#Cc2ccccc2)c(N2CCOCC2)s1. The standard InChI is InChI=1S/C17H16N2OS2/c18-16(21)15-12-14(7-6-13-4-2-1-3-5-13)17(22-15)19-8-10-20-11-9-19/h1-5,12H,8-11H2,(H2,18,21). The summed E-state index contributed by atoms with van der Waals surface area (Å²) < 4.78 is 5.42. The molecule has 2 aromatic rings. The Morgan fingerprint density at radius 1 is 1.18 bits per heavy atom. The number of anilines is 1. The van der Waals surface area contributed by atoms with Crippen LogP contribution in [0.2, 0.25) is 0 Å². The molecule has 0 spiro atoms. The van der Waals surface area contributed by atoms with Gasteiger partial charge in [0.2, 0.25) is 0 Å². The van der Waals surface area contributed by atoms with Crippen LogP contribution in [0.15, 0.2) is 36.4 Å². The summed E-state index contributed by atoms with van der Waals surface area (Å²) in [6.45, 7) is 3.23. The van der Waals surface area contributed by atoms with Crippen LogP contribution in [0.3, 0.4) is 0 Å². The van der Waals surface area contributed by atoms with Crippen LogP contribution in [-0.2, 0) is 4.74 Å². The molecule has 0 amide bonds. The molecule has 112 valence electrons. The first kappa shape index (κ1) is 15.0. The van der Waals surface area contributed by atoms with Crippen molar-refractivity contribution in [3.05, 3.63) is 52.4 Å². The number of nitrogens with two attached hydrogens (primary N) is 1. The van der Waals surface area contributed by atoms with Crippen molar-refractivity contribution in [3.63, 3.8) is 0 Å². The average Bonchev–Trinajstić information content (AvgIpc) is 2.99. The third-order valence-corrected chi connectivity index (χ3v) is 4.95. The molecule has 0 bridgehead atoms. The lowest BCUT2D eigenvalue weighted by atomic mass is 10.2. The van der Waals surface area contributed by atoms with Crippen LogP contribution in [0.4, 0.5) is 5.00 Å². The lowest BCUT2D eigenvalue weighted by Crippen LogP contribution is -2.36. The number of thiophene rings is 1. The first-order valence-electron chi connectivity index (χ1n) is 7.07. The number of rotatable bonds is 2. The lowest BCUT2D eigenvalue weighted by Gasteiger charge is -2.27. The van der Waals surface area contributed by atoms with E-state index in [-0.39, 0.29) is 0 Å². The van der Waals surface area contributed by atoms with Gasteiger partial charge < -0.3 is 15.4 Å². The summed E-state index contributed by atoms with van der Waals surface area (Å²) in [5, 5.41) is 1.13. The van der Waals surface area contributed by atoms with Crippen LogP contribution in [-0.4, -0.2) is 31.3 Å². The number of nitrogens with zero attached hydrogens (tertiary/aromatic N) is 1. The Morgan fingerprint density at radius 3 is 2.59 bits per heavy atom. The van der Waals surface area contributed by atoms with Crippen LogP contribution >= 0.6 is 23.6 Å². The van der Waals surface area contributed by atoms with Crippen molar-refractivity contribution in [1.29, 1.82) is 0 Å². The highest BCUT2D eigenvalue weighted by atomic mass is 32.1. The summed E-state index contributed by atoms with van der Waals surface area (Å²) in [6, 6.07) is 12.0. The van der Waals surface area contributed by atoms with Crippen LogP contribution in [0.1, 0.15) is 16.0 Å². The number of benzene rings is 1.